The molecule has 12 rings (SSSR count). The van der Waals surface area contributed by atoms with E-state index in [2.05, 4.69) is 67.1 Å². The van der Waals surface area contributed by atoms with Crippen molar-refractivity contribution < 1.29 is 53.1 Å². The van der Waals surface area contributed by atoms with Crippen LogP contribution in [0.3, 0.4) is 0 Å². The molecule has 0 fully saturated rings. The van der Waals surface area contributed by atoms with Gasteiger partial charge in [0, 0.05) is 154 Å². The lowest BCUT2D eigenvalue weighted by atomic mass is 9.99. The number of H-pyrrole nitrogens is 6. The number of nitrogens with one attached hydrogen (secondary N) is 13. The van der Waals surface area contributed by atoms with Gasteiger partial charge in [0.1, 0.15) is 42.3 Å². The monoisotopic (exact) mass is 1390 g/mol. The summed E-state index contributed by atoms with van der Waals surface area (Å²) < 4.78 is 0. The molecule has 0 spiro atoms. The van der Waals surface area contributed by atoms with Gasteiger partial charge < -0.3 is 89.4 Å². The van der Waals surface area contributed by atoms with Gasteiger partial charge in [-0.1, -0.05) is 109 Å². The molecule has 103 heavy (non-hydrogen) atoms. The predicted octanol–water partition coefficient (Wildman–Crippen LogP) is 4.67. The first-order chi connectivity index (χ1) is 49.8. The van der Waals surface area contributed by atoms with E-state index in [4.69, 9.17) is 17.2 Å². The molecule has 12 aromatic rings. The van der Waals surface area contributed by atoms with E-state index in [1.807, 2.05) is 133 Å². The average molecular weight is 1390 g/mol. The van der Waals surface area contributed by atoms with Crippen LogP contribution in [0.2, 0.25) is 0 Å². The summed E-state index contributed by atoms with van der Waals surface area (Å²) in [6.07, 6.45) is 8.01. The first-order valence-electron chi connectivity index (χ1n) is 33.8. The normalized spacial score (nSPS) is 13.9. The summed E-state index contributed by atoms with van der Waals surface area (Å²) >= 11 is 0. The Morgan fingerprint density at radius 2 is 0.495 bits per heavy atom. The van der Waals surface area contributed by atoms with E-state index >= 15 is 19.2 Å². The van der Waals surface area contributed by atoms with Gasteiger partial charge in [0.25, 0.3) is 0 Å². The second-order valence-electron chi connectivity index (χ2n) is 25.8. The number of fused-ring (bicyclic) bond motifs is 6. The van der Waals surface area contributed by atoms with Crippen molar-refractivity contribution in [2.24, 2.45) is 17.2 Å². The topological polar surface area (TPSA) is 448 Å². The first-order valence-corrected chi connectivity index (χ1v) is 33.8. The van der Waals surface area contributed by atoms with Crippen LogP contribution in [0.4, 0.5) is 0 Å². The fourth-order valence-electron chi connectivity index (χ4n) is 13.3. The molecule has 6 aromatic heterocycles. The van der Waals surface area contributed by atoms with Crippen molar-refractivity contribution >= 4 is 125 Å². The summed E-state index contributed by atoms with van der Waals surface area (Å²) in [7, 11) is 0. The summed E-state index contributed by atoms with van der Waals surface area (Å²) in [5.41, 5.74) is 24.9. The molecule has 6 aromatic carbocycles. The molecule has 20 N–H and O–H groups in total. The Morgan fingerprint density at radius 1 is 0.291 bits per heavy atom. The maximum Gasteiger partial charge on any atom is 0.326 e. The highest BCUT2D eigenvalue weighted by molar-refractivity contribution is 6.00. The minimum atomic E-state index is -1.54. The van der Waals surface area contributed by atoms with Crippen LogP contribution < -0.4 is 54.4 Å². The number of aliphatic carboxylic acids is 1. The number of rotatable bonds is 33. The number of carbonyl (C=O) groups is 10. The summed E-state index contributed by atoms with van der Waals surface area (Å²) in [6.45, 7) is 0. The number of para-hydroxylation sites is 6. The Labute approximate surface area is 588 Å². The maximum atomic E-state index is 15.8. The summed E-state index contributed by atoms with van der Waals surface area (Å²) in [5, 5.41) is 34.7. The highest BCUT2D eigenvalue weighted by atomic mass is 16.4. The summed E-state index contributed by atoms with van der Waals surface area (Å²) in [4.78, 5) is 162. The van der Waals surface area contributed by atoms with Gasteiger partial charge in [-0.15, -0.1) is 0 Å². The first kappa shape index (κ1) is 70.1. The third-order valence-electron chi connectivity index (χ3n) is 18.7. The number of benzene rings is 6. The number of primary amides is 2. The molecule has 9 amide bonds. The maximum absolute atomic E-state index is 15.8. The number of carboxylic acids is 1. The minimum Gasteiger partial charge on any atom is -0.480 e. The smallest absolute Gasteiger partial charge is 0.326 e. The molecular weight excluding hydrogens is 1310 g/mol. The van der Waals surface area contributed by atoms with Crippen molar-refractivity contribution in [3.63, 3.8) is 0 Å². The molecule has 27 heteroatoms. The Morgan fingerprint density at radius 3 is 0.738 bits per heavy atom. The molecule has 27 nitrogen and oxygen atoms in total. The number of aromatic nitrogens is 6. The van der Waals surface area contributed by atoms with Gasteiger partial charge in [0.15, 0.2) is 0 Å². The predicted molar refractivity (Wildman–Crippen MR) is 388 cm³/mol. The molecule has 0 aliphatic rings. The minimum absolute atomic E-state index is 0.115. The SMILES string of the molecule is NC(=O)CC[C@@H](N)C(=O)N[C@@H](CCC(N)=O)C(=O)N[C@H](Cc1c[nH]c2ccccc12)C(=O)N[C@@H](Cc1c[nH]c2ccccc12)C(=O)N[C@H](Cc1c[nH]c2ccccc12)C(=O)N[C@@H](Cc1c[nH]c2ccccc12)C(=O)N[C@H](Cc1c[nH]c2ccccc12)C(=O)N[C@@H](Cc1c[nH]c2ccccc12)C(=O)O. The zero-order valence-corrected chi connectivity index (χ0v) is 55.8. The molecule has 0 aliphatic carbocycles. The Balaban J connectivity index is 0.883. The van der Waals surface area contributed by atoms with E-state index in [-0.39, 0.29) is 64.2 Å². The number of carboxylic acid groups (broad SMARTS) is 1. The summed E-state index contributed by atoms with van der Waals surface area (Å²) in [5.74, 6) is -8.90. The standard InChI is InChI=1S/C76H78N16O11/c77-53(25-27-67(78)93)69(95)86-60(26-28-68(79)94)70(96)87-61(29-41-35-80-54-19-7-1-13-47(41)54)71(97)88-62(30-42-36-81-55-20-8-2-14-48(42)55)72(98)89-63(31-43-37-82-56-21-9-3-15-49(43)56)73(99)90-64(32-44-38-83-57-22-10-4-16-50(44)57)74(100)91-65(33-45-39-84-58-23-11-5-17-51(45)58)75(101)92-66(76(102)103)34-46-40-85-59-24-12-6-18-52(46)59/h1-24,35-40,53,60-66,80-85H,25-34,77H2,(H2,78,93)(H2,79,94)(H,86,95)(H,87,96)(H,88,97)(H,89,98)(H,90,99)(H,91,100)(H,92,101)(H,102,103)/t53-,60+,61-,62+,63-,64+,65-,66+/m1/s1. The van der Waals surface area contributed by atoms with Crippen LogP contribution in [0.5, 0.6) is 0 Å². The van der Waals surface area contributed by atoms with E-state index in [0.29, 0.717) is 66.1 Å². The number of hydrogen-bond acceptors (Lipinski definition) is 11. The quantitative estimate of drug-likeness (QED) is 0.0267. The van der Waals surface area contributed by atoms with E-state index < -0.39 is 107 Å². The number of aromatic amines is 6. The van der Waals surface area contributed by atoms with Crippen LogP contribution >= 0.6 is 0 Å². The van der Waals surface area contributed by atoms with E-state index in [9.17, 15) is 33.9 Å². The highest BCUT2D eigenvalue weighted by Crippen LogP contribution is 2.27. The molecule has 0 unspecified atom stereocenters. The molecule has 0 saturated heterocycles. The number of hydrogen-bond donors (Lipinski definition) is 17. The molecular formula is C76H78N16O11. The van der Waals surface area contributed by atoms with E-state index in [1.165, 1.54) is 0 Å². The van der Waals surface area contributed by atoms with Crippen molar-refractivity contribution in [1.82, 2.24) is 67.1 Å². The van der Waals surface area contributed by atoms with Gasteiger partial charge in [-0.05, 0) is 82.6 Å². The zero-order valence-electron chi connectivity index (χ0n) is 55.8. The van der Waals surface area contributed by atoms with Crippen molar-refractivity contribution in [3.8, 4) is 0 Å². The Bertz CT molecular complexity index is 5160. The van der Waals surface area contributed by atoms with Gasteiger partial charge in [-0.3, -0.25) is 43.2 Å². The van der Waals surface area contributed by atoms with Crippen molar-refractivity contribution in [2.45, 2.75) is 113 Å². The molecule has 528 valence electrons. The molecule has 0 bridgehead atoms. The van der Waals surface area contributed by atoms with Crippen LogP contribution in [0.15, 0.2) is 183 Å². The van der Waals surface area contributed by atoms with Crippen LogP contribution in [0.1, 0.15) is 59.1 Å². The van der Waals surface area contributed by atoms with Crippen molar-refractivity contribution in [1.29, 1.82) is 0 Å². The lowest BCUT2D eigenvalue weighted by molar-refractivity contribution is -0.142. The van der Waals surface area contributed by atoms with Gasteiger partial charge in [-0.25, -0.2) is 4.79 Å². The number of carbonyl (C=O) groups excluding carboxylic acids is 9. The zero-order chi connectivity index (χ0) is 72.3. The largest absolute Gasteiger partial charge is 0.480 e. The van der Waals surface area contributed by atoms with Gasteiger partial charge in [0.05, 0.1) is 6.04 Å². The van der Waals surface area contributed by atoms with Crippen molar-refractivity contribution in [2.75, 3.05) is 0 Å². The molecule has 0 radical (unpaired) electrons. The van der Waals surface area contributed by atoms with E-state index in [1.54, 1.807) is 49.3 Å². The highest BCUT2D eigenvalue weighted by Gasteiger charge is 2.37. The second kappa shape index (κ2) is 31.6. The lowest BCUT2D eigenvalue weighted by Crippen LogP contribution is -2.61. The number of amides is 9. The third-order valence-corrected chi connectivity index (χ3v) is 18.7. The molecule has 6 heterocycles. The Kier molecular flexibility index (Phi) is 21.5. The average Bonchev–Trinajstić information content (AvgIpc) is 1.73. The van der Waals surface area contributed by atoms with Crippen molar-refractivity contribution in [3.05, 3.63) is 216 Å². The van der Waals surface area contributed by atoms with Crippen LogP contribution in [0.25, 0.3) is 65.4 Å². The fraction of sp³-hybridized carbons (Fsp3) is 0.237. The van der Waals surface area contributed by atoms with E-state index in [0.717, 1.165) is 32.7 Å². The Hall–Kier alpha value is -12.8. The molecule has 0 saturated carbocycles. The third kappa shape index (κ3) is 16.8. The van der Waals surface area contributed by atoms with Gasteiger partial charge in [-0.2, -0.15) is 0 Å². The van der Waals surface area contributed by atoms with Crippen LogP contribution in [0, 0.1) is 0 Å². The van der Waals surface area contributed by atoms with Crippen LogP contribution in [-0.2, 0) is 86.5 Å². The van der Waals surface area contributed by atoms with Gasteiger partial charge in [0.2, 0.25) is 53.2 Å². The number of nitrogens with two attached hydrogens (primary N) is 3. The summed E-state index contributed by atoms with van der Waals surface area (Å²) in [6, 6.07) is 32.1. The van der Waals surface area contributed by atoms with Crippen LogP contribution in [-0.4, -0.2) is 142 Å². The lowest BCUT2D eigenvalue weighted by Gasteiger charge is -2.28. The van der Waals surface area contributed by atoms with Gasteiger partial charge >= 0.3 is 5.97 Å². The molecule has 0 aliphatic heterocycles. The fourth-order valence-corrected chi connectivity index (χ4v) is 13.3. The second-order valence-corrected chi connectivity index (χ2v) is 25.8. The molecule has 8 atom stereocenters.